The first-order chi connectivity index (χ1) is 5.92. The van der Waals surface area contributed by atoms with Crippen LogP contribution in [0.2, 0.25) is 0 Å². The molecule has 0 bridgehead atoms. The molecule has 1 saturated heterocycles. The van der Waals surface area contributed by atoms with Gasteiger partial charge in [-0.3, -0.25) is 0 Å². The van der Waals surface area contributed by atoms with E-state index in [-0.39, 0.29) is 0 Å². The molecule has 12 heavy (non-hydrogen) atoms. The molecule has 0 N–H and O–H groups in total. The van der Waals surface area contributed by atoms with Crippen molar-refractivity contribution in [2.75, 3.05) is 6.54 Å². The topological polar surface area (TPSA) is 3.24 Å². The lowest BCUT2D eigenvalue weighted by Crippen LogP contribution is -2.30. The highest BCUT2D eigenvalue weighted by atomic mass is 15.2. The van der Waals surface area contributed by atoms with Crippen molar-refractivity contribution < 1.29 is 0 Å². The largest absolute Gasteiger partial charge is 0.372 e. The minimum Gasteiger partial charge on any atom is -0.372 e. The highest BCUT2D eigenvalue weighted by Gasteiger charge is 2.26. The molecule has 1 aliphatic carbocycles. The van der Waals surface area contributed by atoms with Crippen LogP contribution in [0.4, 0.5) is 0 Å². The molecule has 2 rings (SSSR count). The summed E-state index contributed by atoms with van der Waals surface area (Å²) in [6.07, 6.45) is 10.7. The van der Waals surface area contributed by atoms with Crippen molar-refractivity contribution in [3.8, 4) is 0 Å². The maximum atomic E-state index is 2.66. The van der Waals surface area contributed by atoms with Crippen molar-refractivity contribution in [3.05, 3.63) is 11.8 Å². The fourth-order valence-electron chi connectivity index (χ4n) is 2.38. The quantitative estimate of drug-likeness (QED) is 0.621. The van der Waals surface area contributed by atoms with Gasteiger partial charge in [0.05, 0.1) is 0 Å². The lowest BCUT2D eigenvalue weighted by molar-refractivity contribution is 0.283. The van der Waals surface area contributed by atoms with E-state index in [0.29, 0.717) is 0 Å². The summed E-state index contributed by atoms with van der Waals surface area (Å²) in [5.41, 5.74) is 1.64. The van der Waals surface area contributed by atoms with Gasteiger partial charge in [-0.05, 0) is 32.1 Å². The van der Waals surface area contributed by atoms with E-state index in [0.717, 1.165) is 6.04 Å². The lowest BCUT2D eigenvalue weighted by atomic mass is 10.0. The standard InChI is InChI=1S/C11H19N/c1-2-5-10-8-4-9-12(10)11-6-3-7-11/h6,10H,2-5,7-9H2,1H3. The van der Waals surface area contributed by atoms with Crippen LogP contribution in [0.1, 0.15) is 45.4 Å². The molecule has 1 unspecified atom stereocenters. The number of nitrogens with zero attached hydrogens (tertiary/aromatic N) is 1. The van der Waals surface area contributed by atoms with Crippen LogP contribution in [0.3, 0.4) is 0 Å². The second kappa shape index (κ2) is 3.51. The maximum Gasteiger partial charge on any atom is 0.0287 e. The van der Waals surface area contributed by atoms with E-state index in [1.165, 1.54) is 45.1 Å². The first-order valence-electron chi connectivity index (χ1n) is 5.37. The van der Waals surface area contributed by atoms with Crippen LogP contribution in [0.5, 0.6) is 0 Å². The molecule has 0 aromatic rings. The Morgan fingerprint density at radius 2 is 2.42 bits per heavy atom. The van der Waals surface area contributed by atoms with Crippen molar-refractivity contribution in [1.82, 2.24) is 4.90 Å². The minimum absolute atomic E-state index is 0.890. The predicted octanol–water partition coefficient (Wildman–Crippen LogP) is 2.93. The monoisotopic (exact) mass is 165 g/mol. The Balaban J connectivity index is 1.94. The molecule has 0 spiro atoms. The third kappa shape index (κ3) is 1.37. The molecule has 1 heteroatoms. The van der Waals surface area contributed by atoms with Crippen LogP contribution >= 0.6 is 0 Å². The maximum absolute atomic E-state index is 2.66. The summed E-state index contributed by atoms with van der Waals surface area (Å²) < 4.78 is 0. The van der Waals surface area contributed by atoms with Gasteiger partial charge in [0.2, 0.25) is 0 Å². The molecule has 0 amide bonds. The van der Waals surface area contributed by atoms with E-state index < -0.39 is 0 Å². The molecule has 1 fully saturated rings. The summed E-state index contributed by atoms with van der Waals surface area (Å²) >= 11 is 0. The lowest BCUT2D eigenvalue weighted by Gasteiger charge is -2.32. The first-order valence-corrected chi connectivity index (χ1v) is 5.37. The average molecular weight is 165 g/mol. The number of rotatable bonds is 3. The minimum atomic E-state index is 0.890. The van der Waals surface area contributed by atoms with Gasteiger partial charge in [-0.2, -0.15) is 0 Å². The van der Waals surface area contributed by atoms with Gasteiger partial charge < -0.3 is 4.90 Å². The van der Waals surface area contributed by atoms with Crippen LogP contribution in [-0.4, -0.2) is 17.5 Å². The SMILES string of the molecule is CCCC1CCCN1C1=CCC1. The van der Waals surface area contributed by atoms with Gasteiger partial charge in [-0.25, -0.2) is 0 Å². The van der Waals surface area contributed by atoms with E-state index in [1.807, 2.05) is 0 Å². The smallest absolute Gasteiger partial charge is 0.0287 e. The zero-order valence-corrected chi connectivity index (χ0v) is 8.05. The van der Waals surface area contributed by atoms with E-state index in [2.05, 4.69) is 17.9 Å². The molecular formula is C11H19N. The third-order valence-electron chi connectivity index (χ3n) is 3.15. The highest BCUT2D eigenvalue weighted by Crippen LogP contribution is 2.31. The van der Waals surface area contributed by atoms with Crippen molar-refractivity contribution in [2.45, 2.75) is 51.5 Å². The summed E-state index contributed by atoms with van der Waals surface area (Å²) in [5.74, 6) is 0. The fourth-order valence-corrected chi connectivity index (χ4v) is 2.38. The molecule has 2 aliphatic rings. The Morgan fingerprint density at radius 1 is 1.58 bits per heavy atom. The van der Waals surface area contributed by atoms with Gasteiger partial charge in [-0.1, -0.05) is 19.4 Å². The molecule has 0 saturated carbocycles. The Labute approximate surface area is 75.4 Å². The Kier molecular flexibility index (Phi) is 2.38. The summed E-state index contributed by atoms with van der Waals surface area (Å²) in [4.78, 5) is 2.66. The Morgan fingerprint density at radius 3 is 3.00 bits per heavy atom. The number of likely N-dealkylation sites (tertiary alicyclic amines) is 1. The number of hydrogen-bond donors (Lipinski definition) is 0. The average Bonchev–Trinajstić information content (AvgIpc) is 2.35. The molecule has 1 atom stereocenters. The number of allylic oxidation sites excluding steroid dienone is 2. The zero-order chi connectivity index (χ0) is 8.39. The van der Waals surface area contributed by atoms with Crippen LogP contribution in [0.25, 0.3) is 0 Å². The molecule has 0 radical (unpaired) electrons. The predicted molar refractivity (Wildman–Crippen MR) is 52.0 cm³/mol. The molecule has 68 valence electrons. The second-order valence-corrected chi connectivity index (χ2v) is 4.01. The third-order valence-corrected chi connectivity index (χ3v) is 3.15. The van der Waals surface area contributed by atoms with E-state index in [1.54, 1.807) is 5.70 Å². The van der Waals surface area contributed by atoms with Crippen molar-refractivity contribution in [2.24, 2.45) is 0 Å². The summed E-state index contributed by atoms with van der Waals surface area (Å²) in [7, 11) is 0. The molecule has 0 aromatic carbocycles. The first kappa shape index (κ1) is 8.15. The van der Waals surface area contributed by atoms with Gasteiger partial charge in [0.25, 0.3) is 0 Å². The Hall–Kier alpha value is -0.460. The molecule has 0 aromatic heterocycles. The zero-order valence-electron chi connectivity index (χ0n) is 8.05. The van der Waals surface area contributed by atoms with Gasteiger partial charge in [0, 0.05) is 18.3 Å². The van der Waals surface area contributed by atoms with Crippen molar-refractivity contribution in [3.63, 3.8) is 0 Å². The summed E-state index contributed by atoms with van der Waals surface area (Å²) in [6.45, 7) is 3.63. The molecule has 1 heterocycles. The van der Waals surface area contributed by atoms with Crippen molar-refractivity contribution in [1.29, 1.82) is 0 Å². The summed E-state index contributed by atoms with van der Waals surface area (Å²) in [5, 5.41) is 0. The van der Waals surface area contributed by atoms with Crippen LogP contribution in [-0.2, 0) is 0 Å². The van der Waals surface area contributed by atoms with Gasteiger partial charge in [-0.15, -0.1) is 0 Å². The van der Waals surface area contributed by atoms with E-state index in [9.17, 15) is 0 Å². The normalized spacial score (nSPS) is 28.6. The van der Waals surface area contributed by atoms with Crippen molar-refractivity contribution >= 4 is 0 Å². The number of hydrogen-bond acceptors (Lipinski definition) is 1. The summed E-state index contributed by atoms with van der Waals surface area (Å²) in [6, 6.07) is 0.890. The highest BCUT2D eigenvalue weighted by molar-refractivity contribution is 5.13. The molecule has 1 aliphatic heterocycles. The van der Waals surface area contributed by atoms with E-state index in [4.69, 9.17) is 0 Å². The fraction of sp³-hybridized carbons (Fsp3) is 0.818. The van der Waals surface area contributed by atoms with Gasteiger partial charge in [0.15, 0.2) is 0 Å². The molecular weight excluding hydrogens is 146 g/mol. The Bertz CT molecular complexity index is 183. The second-order valence-electron chi connectivity index (χ2n) is 4.01. The van der Waals surface area contributed by atoms with Gasteiger partial charge >= 0.3 is 0 Å². The van der Waals surface area contributed by atoms with Crippen LogP contribution in [0, 0.1) is 0 Å². The molecule has 1 nitrogen and oxygen atoms in total. The van der Waals surface area contributed by atoms with Crippen LogP contribution < -0.4 is 0 Å². The van der Waals surface area contributed by atoms with Crippen LogP contribution in [0.15, 0.2) is 11.8 Å². The van der Waals surface area contributed by atoms with E-state index >= 15 is 0 Å². The van der Waals surface area contributed by atoms with Gasteiger partial charge in [0.1, 0.15) is 0 Å².